The monoisotopic (exact) mass is 430 g/mol. The number of aromatic amines is 1. The summed E-state index contributed by atoms with van der Waals surface area (Å²) in [6.07, 6.45) is -4.08. The Bertz CT molecular complexity index is 1090. The minimum Gasteiger partial charge on any atom is -0.508 e. The summed E-state index contributed by atoms with van der Waals surface area (Å²) in [4.78, 5) is 24.8. The smallest absolute Gasteiger partial charge is 0.330 e. The second-order valence-corrected chi connectivity index (χ2v) is 8.01. The van der Waals surface area contributed by atoms with E-state index >= 15 is 0 Å². The first-order chi connectivity index (χ1) is 13.6. The Hall–Kier alpha value is -2.55. The number of nitrogens with zero attached hydrogens (tertiary/aromatic N) is 1. The number of aliphatic hydroxyl groups excluding tert-OH is 3. The molecule has 3 rings (SSSR count). The summed E-state index contributed by atoms with van der Waals surface area (Å²) in [7, 11) is -4.36. The number of ether oxygens (including phenoxy) is 1. The summed E-state index contributed by atoms with van der Waals surface area (Å²) in [5.41, 5.74) is -3.72. The number of aliphatic hydroxyl groups is 3. The largest absolute Gasteiger partial charge is 0.508 e. The predicted molar refractivity (Wildman–Crippen MR) is 94.5 cm³/mol. The molecule has 0 aliphatic carbocycles. The molecule has 2 aromatic rings. The van der Waals surface area contributed by atoms with Crippen LogP contribution in [0.15, 0.2) is 51.0 Å². The zero-order valence-electron chi connectivity index (χ0n) is 14.7. The van der Waals surface area contributed by atoms with E-state index in [1.165, 1.54) is 0 Å². The Labute approximate surface area is 163 Å². The number of nitrogens with one attached hydrogen (secondary N) is 1. The molecule has 158 valence electrons. The third-order valence-corrected chi connectivity index (χ3v) is 5.76. The van der Waals surface area contributed by atoms with Gasteiger partial charge in [-0.1, -0.05) is 0 Å². The molecule has 1 aromatic heterocycles. The SMILES string of the molecule is O=c1ccn([C@@H]2O[C@@](CO)(COS(=O)(=O)c3ccc(O)cc3)[C@@H](O)[C@H]2O)c(=O)[nH]1. The molecule has 0 spiro atoms. The minimum atomic E-state index is -4.36. The van der Waals surface area contributed by atoms with Crippen LogP contribution in [0.3, 0.4) is 0 Å². The van der Waals surface area contributed by atoms with Gasteiger partial charge in [-0.05, 0) is 24.3 Å². The molecule has 5 N–H and O–H groups in total. The van der Waals surface area contributed by atoms with Crippen LogP contribution < -0.4 is 11.2 Å². The van der Waals surface area contributed by atoms with Crippen LogP contribution in [0.2, 0.25) is 0 Å². The van der Waals surface area contributed by atoms with E-state index in [0.29, 0.717) is 0 Å². The van der Waals surface area contributed by atoms with Crippen LogP contribution in [0.25, 0.3) is 0 Å². The van der Waals surface area contributed by atoms with Crippen molar-refractivity contribution in [3.63, 3.8) is 0 Å². The number of phenols is 1. The highest BCUT2D eigenvalue weighted by atomic mass is 32.2. The molecule has 0 radical (unpaired) electrons. The number of phenolic OH excluding ortho intramolecular Hbond substituents is 1. The zero-order chi connectivity index (χ0) is 21.4. The molecule has 1 fully saturated rings. The molecule has 13 heteroatoms. The van der Waals surface area contributed by atoms with Gasteiger partial charge in [-0.2, -0.15) is 8.42 Å². The fraction of sp³-hybridized carbons (Fsp3) is 0.375. The van der Waals surface area contributed by atoms with E-state index in [1.54, 1.807) is 0 Å². The van der Waals surface area contributed by atoms with E-state index in [4.69, 9.17) is 8.92 Å². The number of hydrogen-bond acceptors (Lipinski definition) is 10. The third-order valence-electron chi connectivity index (χ3n) is 4.49. The molecule has 0 unspecified atom stereocenters. The summed E-state index contributed by atoms with van der Waals surface area (Å²) < 4.78 is 35.7. The topological polar surface area (TPSA) is 188 Å². The third kappa shape index (κ3) is 3.96. The lowest BCUT2D eigenvalue weighted by Crippen LogP contribution is -2.50. The van der Waals surface area contributed by atoms with Crippen molar-refractivity contribution in [2.75, 3.05) is 13.2 Å². The molecule has 0 bridgehead atoms. The number of aromatic hydroxyl groups is 1. The van der Waals surface area contributed by atoms with Crippen molar-refractivity contribution < 1.29 is 37.8 Å². The van der Waals surface area contributed by atoms with Crippen molar-refractivity contribution in [2.24, 2.45) is 0 Å². The van der Waals surface area contributed by atoms with Crippen LogP contribution in [0.4, 0.5) is 0 Å². The van der Waals surface area contributed by atoms with Gasteiger partial charge in [0.25, 0.3) is 15.7 Å². The van der Waals surface area contributed by atoms with Crippen LogP contribution in [0.5, 0.6) is 5.75 Å². The number of benzene rings is 1. The second-order valence-electron chi connectivity index (χ2n) is 6.39. The first-order valence-electron chi connectivity index (χ1n) is 8.24. The second kappa shape index (κ2) is 7.70. The molecular weight excluding hydrogens is 412 g/mol. The maximum atomic E-state index is 12.3. The lowest BCUT2D eigenvalue weighted by atomic mass is 9.97. The normalized spacial score (nSPS) is 27.2. The molecular formula is C16H18N2O10S. The van der Waals surface area contributed by atoms with Gasteiger partial charge in [0.2, 0.25) is 0 Å². The van der Waals surface area contributed by atoms with E-state index < -0.39 is 58.6 Å². The molecule has 1 aromatic carbocycles. The summed E-state index contributed by atoms with van der Waals surface area (Å²) >= 11 is 0. The lowest BCUT2D eigenvalue weighted by molar-refractivity contribution is -0.145. The number of rotatable bonds is 6. The molecule has 4 atom stereocenters. The quantitative estimate of drug-likeness (QED) is 0.310. The van der Waals surface area contributed by atoms with Gasteiger partial charge in [-0.3, -0.25) is 18.5 Å². The molecule has 0 amide bonds. The number of hydrogen-bond donors (Lipinski definition) is 5. The van der Waals surface area contributed by atoms with Gasteiger partial charge < -0.3 is 25.2 Å². The summed E-state index contributed by atoms with van der Waals surface area (Å²) in [6.45, 7) is -1.84. The minimum absolute atomic E-state index is 0.164. The van der Waals surface area contributed by atoms with Crippen molar-refractivity contribution in [2.45, 2.75) is 28.9 Å². The number of H-pyrrole nitrogens is 1. The van der Waals surface area contributed by atoms with Crippen molar-refractivity contribution >= 4 is 10.1 Å². The predicted octanol–water partition coefficient (Wildman–Crippen LogP) is -2.37. The van der Waals surface area contributed by atoms with Crippen LogP contribution >= 0.6 is 0 Å². The molecule has 1 saturated heterocycles. The Morgan fingerprint density at radius 1 is 1.17 bits per heavy atom. The standard InChI is InChI=1S/C16H18N2O10S/c19-7-16(8-27-29(25,26)10-3-1-9(20)2-4-10)13(23)12(22)14(28-16)18-6-5-11(21)17-15(18)24/h1-6,12-14,19-20,22-23H,7-8H2,(H,17,21,24)/t12-,13+,14-,16+/m1/s1. The first-order valence-corrected chi connectivity index (χ1v) is 9.65. The van der Waals surface area contributed by atoms with Gasteiger partial charge in [-0.15, -0.1) is 0 Å². The first kappa shape index (κ1) is 21.2. The van der Waals surface area contributed by atoms with E-state index in [-0.39, 0.29) is 10.6 Å². The van der Waals surface area contributed by atoms with Crippen molar-refractivity contribution in [3.8, 4) is 5.75 Å². The highest BCUT2D eigenvalue weighted by molar-refractivity contribution is 7.86. The maximum Gasteiger partial charge on any atom is 0.330 e. The fourth-order valence-electron chi connectivity index (χ4n) is 2.85. The molecule has 1 aliphatic heterocycles. The Morgan fingerprint density at radius 2 is 1.83 bits per heavy atom. The summed E-state index contributed by atoms with van der Waals surface area (Å²) in [6, 6.07) is 5.40. The average Bonchev–Trinajstić information content (AvgIpc) is 2.92. The van der Waals surface area contributed by atoms with E-state index in [2.05, 4.69) is 0 Å². The summed E-state index contributed by atoms with van der Waals surface area (Å²) in [5, 5.41) is 39.6. The molecule has 29 heavy (non-hydrogen) atoms. The zero-order valence-corrected chi connectivity index (χ0v) is 15.5. The molecule has 12 nitrogen and oxygen atoms in total. The Kier molecular flexibility index (Phi) is 5.62. The Balaban J connectivity index is 1.86. The van der Waals surface area contributed by atoms with Crippen LogP contribution in [-0.4, -0.2) is 69.4 Å². The van der Waals surface area contributed by atoms with Gasteiger partial charge in [0, 0.05) is 12.3 Å². The average molecular weight is 430 g/mol. The van der Waals surface area contributed by atoms with E-state index in [0.717, 1.165) is 41.1 Å². The molecule has 1 aliphatic rings. The Morgan fingerprint density at radius 3 is 2.41 bits per heavy atom. The van der Waals surface area contributed by atoms with Gasteiger partial charge >= 0.3 is 5.69 Å². The van der Waals surface area contributed by atoms with Gasteiger partial charge in [0.1, 0.15) is 30.2 Å². The van der Waals surface area contributed by atoms with Crippen LogP contribution in [0.1, 0.15) is 6.23 Å². The van der Waals surface area contributed by atoms with Gasteiger partial charge in [0.15, 0.2) is 6.23 Å². The molecule has 0 saturated carbocycles. The van der Waals surface area contributed by atoms with Crippen molar-refractivity contribution in [1.29, 1.82) is 0 Å². The van der Waals surface area contributed by atoms with Crippen LogP contribution in [-0.2, 0) is 19.0 Å². The number of aromatic nitrogens is 2. The lowest BCUT2D eigenvalue weighted by Gasteiger charge is -2.29. The van der Waals surface area contributed by atoms with Gasteiger partial charge in [-0.25, -0.2) is 4.79 Å². The highest BCUT2D eigenvalue weighted by Gasteiger charge is 2.55. The van der Waals surface area contributed by atoms with Crippen molar-refractivity contribution in [3.05, 3.63) is 57.4 Å². The highest BCUT2D eigenvalue weighted by Crippen LogP contribution is 2.37. The van der Waals surface area contributed by atoms with E-state index in [9.17, 15) is 38.4 Å². The van der Waals surface area contributed by atoms with Crippen LogP contribution in [0, 0.1) is 0 Å². The fourth-order valence-corrected chi connectivity index (χ4v) is 3.81. The van der Waals surface area contributed by atoms with E-state index in [1.807, 2.05) is 4.98 Å². The maximum absolute atomic E-state index is 12.3. The summed E-state index contributed by atoms with van der Waals surface area (Å²) in [5.74, 6) is -0.164. The van der Waals surface area contributed by atoms with Gasteiger partial charge in [0.05, 0.1) is 11.5 Å². The molecule has 2 heterocycles. The van der Waals surface area contributed by atoms with Crippen molar-refractivity contribution in [1.82, 2.24) is 9.55 Å².